The highest BCUT2D eigenvalue weighted by Crippen LogP contribution is 2.30. The molecular weight excluding hydrogens is 617 g/mol. The van der Waals surface area contributed by atoms with E-state index >= 15 is 0 Å². The quantitative estimate of drug-likeness (QED) is 0.152. The monoisotopic (exact) mass is 660 g/mol. The number of benzene rings is 2. The molecule has 0 aromatic heterocycles. The molecule has 2 rings (SSSR count). The maximum absolute atomic E-state index is 12.6. The summed E-state index contributed by atoms with van der Waals surface area (Å²) < 4.78 is 54.4. The second-order valence-electron chi connectivity index (χ2n) is 8.56. The van der Waals surface area contributed by atoms with Crippen molar-refractivity contribution in [2.75, 3.05) is 32.1 Å². The Bertz CT molecular complexity index is 1050. The van der Waals surface area contributed by atoms with E-state index in [2.05, 4.69) is 0 Å². The van der Waals surface area contributed by atoms with Crippen LogP contribution in [0.3, 0.4) is 0 Å². The molecule has 16 heteroatoms. The number of carbonyl (C=O) groups is 2. The first-order valence-corrected chi connectivity index (χ1v) is 13.5. The highest BCUT2D eigenvalue weighted by Gasteiger charge is 2.30. The number of aliphatic carboxylic acids is 2. The summed E-state index contributed by atoms with van der Waals surface area (Å²) in [5.41, 5.74) is 10.5. The van der Waals surface area contributed by atoms with Gasteiger partial charge < -0.3 is 46.8 Å². The predicted molar refractivity (Wildman–Crippen MR) is 164 cm³/mol. The van der Waals surface area contributed by atoms with Gasteiger partial charge in [-0.25, -0.2) is 4.79 Å². The van der Waals surface area contributed by atoms with Gasteiger partial charge in [-0.2, -0.15) is 26.7 Å². The summed E-state index contributed by atoms with van der Waals surface area (Å²) in [6.45, 7) is 4.56. The molecule has 0 fully saturated rings. The molecule has 2 aromatic rings. The standard InChI is InChI=1S/C21H23F3O5S.C6H14N2O2.2H2O.H2S/c1-3-27-17(11-28-16-6-4-15(5-7-16)21(22,23)24)13-30-18-8-9-19(14(2)10-18)29-12-20(25)26;7-4-2-1-3-5(8)6(9)10;;;/h4-10,17H,3,11-13H2,1-2H3,(H,25,26);5H,1-4,7-8H2,(H,9,10);3*1H2/t17-;5-;;;/m10.../s1. The molecule has 0 unspecified atom stereocenters. The van der Waals surface area contributed by atoms with Crippen LogP contribution in [0.5, 0.6) is 11.5 Å². The zero-order valence-corrected chi connectivity index (χ0v) is 25.8. The summed E-state index contributed by atoms with van der Waals surface area (Å²) in [5.74, 6) is -0.553. The van der Waals surface area contributed by atoms with Crippen LogP contribution in [0, 0.1) is 6.92 Å². The van der Waals surface area contributed by atoms with Crippen molar-refractivity contribution in [2.45, 2.75) is 56.3 Å². The van der Waals surface area contributed by atoms with Gasteiger partial charge in [0.05, 0.1) is 5.56 Å². The van der Waals surface area contributed by atoms with Crippen LogP contribution in [0.25, 0.3) is 0 Å². The lowest BCUT2D eigenvalue weighted by atomic mass is 10.1. The molecule has 10 N–H and O–H groups in total. The van der Waals surface area contributed by atoms with E-state index in [1.54, 1.807) is 6.07 Å². The lowest BCUT2D eigenvalue weighted by Crippen LogP contribution is -2.29. The highest BCUT2D eigenvalue weighted by atomic mass is 32.2. The molecule has 0 spiro atoms. The molecule has 0 amide bonds. The highest BCUT2D eigenvalue weighted by molar-refractivity contribution is 7.99. The summed E-state index contributed by atoms with van der Waals surface area (Å²) >= 11 is 1.53. The van der Waals surface area contributed by atoms with Gasteiger partial charge in [0.2, 0.25) is 0 Å². The second kappa shape index (κ2) is 23.7. The van der Waals surface area contributed by atoms with Gasteiger partial charge in [-0.3, -0.25) is 4.79 Å². The molecule has 11 nitrogen and oxygen atoms in total. The fraction of sp³-hybridized carbons (Fsp3) is 0.481. The van der Waals surface area contributed by atoms with Gasteiger partial charge in [0, 0.05) is 17.3 Å². The van der Waals surface area contributed by atoms with Crippen LogP contribution in [-0.4, -0.2) is 77.4 Å². The smallest absolute Gasteiger partial charge is 0.416 e. The SMILES string of the molecule is CCO[C@H](COc1ccc(C(F)(F)F)cc1)CSc1ccc(OCC(=O)O)c(C)c1.NCCCC[C@H](N)C(=O)O.O.O.S. The Balaban J connectivity index is -0.00000106. The zero-order chi connectivity index (χ0) is 30.1. The average molecular weight is 661 g/mol. The average Bonchev–Trinajstić information content (AvgIpc) is 2.89. The van der Waals surface area contributed by atoms with Crippen LogP contribution in [0.2, 0.25) is 0 Å². The number of rotatable bonds is 16. The van der Waals surface area contributed by atoms with Crippen LogP contribution in [0.15, 0.2) is 47.4 Å². The van der Waals surface area contributed by atoms with E-state index in [-0.39, 0.29) is 37.2 Å². The van der Waals surface area contributed by atoms with Crippen LogP contribution in [0.4, 0.5) is 13.2 Å². The normalized spacial score (nSPS) is 11.7. The van der Waals surface area contributed by atoms with Gasteiger partial charge in [0.25, 0.3) is 0 Å². The summed E-state index contributed by atoms with van der Waals surface area (Å²) in [6.07, 6.45) is -2.47. The zero-order valence-electron chi connectivity index (χ0n) is 24.0. The molecule has 0 saturated carbocycles. The Morgan fingerprint density at radius 1 is 1.02 bits per heavy atom. The minimum Gasteiger partial charge on any atom is -0.491 e. The van der Waals surface area contributed by atoms with Crippen molar-refractivity contribution >= 4 is 37.2 Å². The lowest BCUT2D eigenvalue weighted by molar-refractivity contribution is -0.140. The van der Waals surface area contributed by atoms with Crippen molar-refractivity contribution in [2.24, 2.45) is 11.5 Å². The number of alkyl halides is 3. The third-order valence-corrected chi connectivity index (χ3v) is 6.37. The van der Waals surface area contributed by atoms with E-state index in [1.807, 2.05) is 26.0 Å². The third kappa shape index (κ3) is 19.2. The van der Waals surface area contributed by atoms with Crippen molar-refractivity contribution in [3.8, 4) is 11.5 Å². The van der Waals surface area contributed by atoms with Gasteiger partial charge in [0.1, 0.15) is 30.3 Å². The molecule has 0 bridgehead atoms. The number of carboxylic acids is 2. The van der Waals surface area contributed by atoms with Crippen LogP contribution >= 0.6 is 25.3 Å². The molecule has 0 aliphatic carbocycles. The van der Waals surface area contributed by atoms with Crippen molar-refractivity contribution in [1.29, 1.82) is 0 Å². The van der Waals surface area contributed by atoms with Gasteiger partial charge >= 0.3 is 18.1 Å². The van der Waals surface area contributed by atoms with E-state index in [1.165, 1.54) is 23.9 Å². The predicted octanol–water partition coefficient (Wildman–Crippen LogP) is 3.04. The molecule has 0 aliphatic rings. The van der Waals surface area contributed by atoms with E-state index in [4.69, 9.17) is 35.9 Å². The summed E-state index contributed by atoms with van der Waals surface area (Å²) in [4.78, 5) is 21.7. The van der Waals surface area contributed by atoms with Gasteiger partial charge in [-0.15, -0.1) is 11.8 Å². The number of hydrogen-bond donors (Lipinski definition) is 4. The first kappa shape index (κ1) is 44.7. The number of aryl methyl sites for hydroxylation is 1. The van der Waals surface area contributed by atoms with Crippen molar-refractivity contribution < 1.29 is 58.1 Å². The molecule has 248 valence electrons. The van der Waals surface area contributed by atoms with Crippen molar-refractivity contribution in [3.63, 3.8) is 0 Å². The van der Waals surface area contributed by atoms with E-state index in [9.17, 15) is 22.8 Å². The Morgan fingerprint density at radius 3 is 2.14 bits per heavy atom. The van der Waals surface area contributed by atoms with E-state index < -0.39 is 36.3 Å². The molecule has 2 atom stereocenters. The maximum Gasteiger partial charge on any atom is 0.416 e. The topological polar surface area (TPSA) is 217 Å². The molecule has 0 heterocycles. The van der Waals surface area contributed by atoms with Crippen LogP contribution < -0.4 is 20.9 Å². The molecule has 0 radical (unpaired) electrons. The number of nitrogens with two attached hydrogens (primary N) is 2. The maximum atomic E-state index is 12.6. The van der Waals surface area contributed by atoms with Gasteiger partial charge in [0.15, 0.2) is 6.61 Å². The number of unbranched alkanes of at least 4 members (excludes halogenated alkanes) is 1. The van der Waals surface area contributed by atoms with Gasteiger partial charge in [-0.1, -0.05) is 6.42 Å². The Hall–Kier alpha value is -2.73. The summed E-state index contributed by atoms with van der Waals surface area (Å²) in [5, 5.41) is 17.0. The Morgan fingerprint density at radius 2 is 1.65 bits per heavy atom. The summed E-state index contributed by atoms with van der Waals surface area (Å²) in [7, 11) is 0. The number of carboxylic acid groups (broad SMARTS) is 2. The Kier molecular flexibility index (Phi) is 24.6. The number of thioether (sulfide) groups is 1. The van der Waals surface area contributed by atoms with Crippen LogP contribution in [-0.2, 0) is 20.5 Å². The van der Waals surface area contributed by atoms with Gasteiger partial charge in [-0.05, 0) is 81.3 Å². The van der Waals surface area contributed by atoms with Crippen molar-refractivity contribution in [1.82, 2.24) is 0 Å². The second-order valence-corrected chi connectivity index (χ2v) is 9.65. The third-order valence-electron chi connectivity index (χ3n) is 5.24. The lowest BCUT2D eigenvalue weighted by Gasteiger charge is -2.18. The fourth-order valence-corrected chi connectivity index (χ4v) is 4.14. The molecule has 2 aromatic carbocycles. The first-order chi connectivity index (χ1) is 18.9. The molecular formula is C27H43F3N2O9S2. The fourth-order valence-electron chi connectivity index (χ4n) is 3.14. The van der Waals surface area contributed by atoms with Crippen LogP contribution in [0.1, 0.15) is 37.3 Å². The largest absolute Gasteiger partial charge is 0.491 e. The number of ether oxygens (including phenoxy) is 3. The molecule has 0 saturated heterocycles. The minimum absolute atomic E-state index is 0. The Labute approximate surface area is 260 Å². The van der Waals surface area contributed by atoms with E-state index in [0.29, 0.717) is 36.8 Å². The first-order valence-electron chi connectivity index (χ1n) is 12.6. The number of halogens is 3. The minimum atomic E-state index is -4.38. The van der Waals surface area contributed by atoms with Crippen molar-refractivity contribution in [3.05, 3.63) is 53.6 Å². The molecule has 43 heavy (non-hydrogen) atoms. The summed E-state index contributed by atoms with van der Waals surface area (Å²) in [6, 6.07) is 9.26. The van der Waals surface area contributed by atoms with E-state index in [0.717, 1.165) is 35.4 Å². The molecule has 0 aliphatic heterocycles. The number of hydrogen-bond acceptors (Lipinski definition) is 8.